The Balaban J connectivity index is 2.07. The molecule has 1 aliphatic heterocycles. The Labute approximate surface area is 153 Å². The third-order valence-electron chi connectivity index (χ3n) is 3.68. The van der Waals surface area contributed by atoms with Crippen LogP contribution in [0.25, 0.3) is 0 Å². The number of hydrogen-bond donors (Lipinski definition) is 1. The Bertz CT molecular complexity index is 887. The van der Waals surface area contributed by atoms with Crippen LogP contribution in [0, 0.1) is 17.1 Å². The van der Waals surface area contributed by atoms with Crippen LogP contribution in [0.5, 0.6) is 0 Å². The van der Waals surface area contributed by atoms with Crippen LogP contribution < -0.4 is 10.3 Å². The molecule has 0 aromatic heterocycles. The molecule has 1 atom stereocenters. The zero-order valence-electron chi connectivity index (χ0n) is 12.7. The number of carbonyl (C=O) groups is 1. The molecule has 5 nitrogen and oxygen atoms in total. The molecule has 3 rings (SSSR count). The molecule has 2 amide bonds. The summed E-state index contributed by atoms with van der Waals surface area (Å²) in [5.41, 5.74) is 0.800. The summed E-state index contributed by atoms with van der Waals surface area (Å²) in [6, 6.07) is 10.5. The van der Waals surface area contributed by atoms with E-state index in [1.54, 1.807) is 6.07 Å². The molecule has 1 unspecified atom stereocenters. The Morgan fingerprint density at radius 3 is 2.56 bits per heavy atom. The van der Waals surface area contributed by atoms with Gasteiger partial charge in [0.2, 0.25) is 0 Å². The van der Waals surface area contributed by atoms with Crippen molar-refractivity contribution < 1.29 is 9.18 Å². The fraction of sp³-hybridized carbons (Fsp3) is 0.118. The van der Waals surface area contributed by atoms with E-state index < -0.39 is 17.8 Å². The van der Waals surface area contributed by atoms with Gasteiger partial charge in [0.05, 0.1) is 18.3 Å². The van der Waals surface area contributed by atoms with Gasteiger partial charge in [-0.25, -0.2) is 9.18 Å². The highest BCUT2D eigenvalue weighted by Gasteiger charge is 2.25. The molecule has 1 aliphatic rings. The number of nitrogens with zero attached hydrogens (tertiary/aromatic N) is 3. The van der Waals surface area contributed by atoms with Crippen molar-refractivity contribution in [2.45, 2.75) is 5.92 Å². The molecular formula is C17H11Cl2FN4O. The van der Waals surface area contributed by atoms with E-state index in [9.17, 15) is 14.4 Å². The number of carbonyl (C=O) groups excluding carboxylic acids is 1. The molecule has 1 heterocycles. The Morgan fingerprint density at radius 1 is 1.28 bits per heavy atom. The molecule has 0 bridgehead atoms. The molecular weight excluding hydrogens is 366 g/mol. The van der Waals surface area contributed by atoms with Gasteiger partial charge < -0.3 is 5.32 Å². The van der Waals surface area contributed by atoms with Crippen molar-refractivity contribution >= 4 is 41.1 Å². The summed E-state index contributed by atoms with van der Waals surface area (Å²) in [6.45, 7) is 0.332. The van der Waals surface area contributed by atoms with Crippen molar-refractivity contribution in [3.05, 3.63) is 63.4 Å². The molecule has 0 saturated heterocycles. The van der Waals surface area contributed by atoms with Gasteiger partial charge in [0, 0.05) is 27.4 Å². The van der Waals surface area contributed by atoms with Crippen LogP contribution >= 0.6 is 23.2 Å². The molecule has 2 aromatic rings. The molecule has 0 radical (unpaired) electrons. The maximum atomic E-state index is 14.1. The third-order valence-corrected chi connectivity index (χ3v) is 4.30. The lowest BCUT2D eigenvalue weighted by molar-refractivity contribution is 0.247. The monoisotopic (exact) mass is 376 g/mol. The lowest BCUT2D eigenvalue weighted by Crippen LogP contribution is -2.41. The van der Waals surface area contributed by atoms with Gasteiger partial charge >= 0.3 is 6.03 Å². The molecule has 1 N–H and O–H groups in total. The van der Waals surface area contributed by atoms with Gasteiger partial charge in [-0.05, 0) is 18.2 Å². The summed E-state index contributed by atoms with van der Waals surface area (Å²) >= 11 is 12.6. The Kier molecular flexibility index (Phi) is 4.88. The normalized spacial score (nSPS) is 14.8. The first-order valence-electron chi connectivity index (χ1n) is 7.26. The van der Waals surface area contributed by atoms with Crippen LogP contribution in [0.3, 0.4) is 0 Å². The minimum absolute atomic E-state index is 0.144. The number of nitriles is 1. The molecule has 0 saturated carbocycles. The minimum Gasteiger partial charge on any atom is -0.331 e. The average Bonchev–Trinajstić information content (AvgIpc) is 2.59. The molecule has 126 valence electrons. The summed E-state index contributed by atoms with van der Waals surface area (Å²) in [7, 11) is 0. The van der Waals surface area contributed by atoms with Gasteiger partial charge in [0.15, 0.2) is 0 Å². The average molecular weight is 377 g/mol. The quantitative estimate of drug-likeness (QED) is 0.867. The van der Waals surface area contributed by atoms with Crippen molar-refractivity contribution in [2.75, 3.05) is 11.6 Å². The smallest absolute Gasteiger partial charge is 0.331 e. The van der Waals surface area contributed by atoms with Crippen LogP contribution in [0.2, 0.25) is 10.0 Å². The van der Waals surface area contributed by atoms with Crippen molar-refractivity contribution in [1.82, 2.24) is 5.32 Å². The van der Waals surface area contributed by atoms with E-state index in [1.807, 2.05) is 6.07 Å². The van der Waals surface area contributed by atoms with Gasteiger partial charge in [-0.1, -0.05) is 41.4 Å². The number of halogens is 3. The van der Waals surface area contributed by atoms with Crippen molar-refractivity contribution in [2.24, 2.45) is 5.10 Å². The zero-order valence-corrected chi connectivity index (χ0v) is 14.2. The van der Waals surface area contributed by atoms with Crippen molar-refractivity contribution in [1.29, 1.82) is 5.26 Å². The summed E-state index contributed by atoms with van der Waals surface area (Å²) in [6.07, 6.45) is 1.52. The number of benzene rings is 2. The maximum absolute atomic E-state index is 14.1. The van der Waals surface area contributed by atoms with Gasteiger partial charge in [-0.3, -0.25) is 0 Å². The van der Waals surface area contributed by atoms with E-state index >= 15 is 0 Å². The first-order valence-corrected chi connectivity index (χ1v) is 8.02. The Morgan fingerprint density at radius 2 is 1.96 bits per heavy atom. The van der Waals surface area contributed by atoms with Gasteiger partial charge in [-0.2, -0.15) is 15.4 Å². The zero-order chi connectivity index (χ0) is 18.0. The SMILES string of the molecule is N#CC(c1ccccc1F)c1c(Cl)cc(N2N=CCNC2=O)cc1Cl. The lowest BCUT2D eigenvalue weighted by atomic mass is 9.92. The maximum Gasteiger partial charge on any atom is 0.342 e. The summed E-state index contributed by atoms with van der Waals surface area (Å²) < 4.78 is 14.1. The van der Waals surface area contributed by atoms with E-state index in [0.29, 0.717) is 12.2 Å². The van der Waals surface area contributed by atoms with E-state index in [2.05, 4.69) is 10.4 Å². The van der Waals surface area contributed by atoms with Crippen molar-refractivity contribution in [3.63, 3.8) is 0 Å². The Hall–Kier alpha value is -2.62. The summed E-state index contributed by atoms with van der Waals surface area (Å²) in [4.78, 5) is 11.9. The molecule has 25 heavy (non-hydrogen) atoms. The highest BCUT2D eigenvalue weighted by atomic mass is 35.5. The first-order chi connectivity index (χ1) is 12.0. The van der Waals surface area contributed by atoms with Crippen LogP contribution in [-0.4, -0.2) is 18.8 Å². The molecule has 8 heteroatoms. The lowest BCUT2D eigenvalue weighted by Gasteiger charge is -2.22. The van der Waals surface area contributed by atoms with Crippen LogP contribution in [0.4, 0.5) is 14.9 Å². The fourth-order valence-corrected chi connectivity index (χ4v) is 3.23. The molecule has 0 aliphatic carbocycles. The standard InChI is InChI=1S/C17H11Cl2FN4O/c18-13-7-10(24-17(25)22-5-6-23-24)8-14(19)16(13)12(9-21)11-3-1-2-4-15(11)20/h1-4,6-8,12H,5H2,(H,22,25). The van der Waals surface area contributed by atoms with E-state index in [1.165, 1.54) is 36.5 Å². The predicted molar refractivity (Wildman–Crippen MR) is 94.7 cm³/mol. The number of anilines is 1. The minimum atomic E-state index is -0.978. The van der Waals surface area contributed by atoms with E-state index in [0.717, 1.165) is 5.01 Å². The number of amides is 2. The second-order valence-electron chi connectivity index (χ2n) is 5.20. The van der Waals surface area contributed by atoms with Gasteiger partial charge in [-0.15, -0.1) is 0 Å². The predicted octanol–water partition coefficient (Wildman–Crippen LogP) is 4.30. The largest absolute Gasteiger partial charge is 0.342 e. The van der Waals surface area contributed by atoms with Crippen LogP contribution in [0.15, 0.2) is 41.5 Å². The van der Waals surface area contributed by atoms with Crippen LogP contribution in [0.1, 0.15) is 17.0 Å². The van der Waals surface area contributed by atoms with Crippen LogP contribution in [-0.2, 0) is 0 Å². The van der Waals surface area contributed by atoms with Gasteiger partial charge in [0.25, 0.3) is 0 Å². The fourth-order valence-electron chi connectivity index (χ4n) is 2.53. The highest BCUT2D eigenvalue weighted by molar-refractivity contribution is 6.36. The summed E-state index contributed by atoms with van der Waals surface area (Å²) in [5, 5.41) is 17.5. The first kappa shape index (κ1) is 17.2. The molecule has 0 spiro atoms. The van der Waals surface area contributed by atoms with E-state index in [4.69, 9.17) is 23.2 Å². The summed E-state index contributed by atoms with van der Waals surface area (Å²) in [5.74, 6) is -1.50. The molecule has 2 aromatic carbocycles. The molecule has 0 fully saturated rings. The van der Waals surface area contributed by atoms with Gasteiger partial charge in [0.1, 0.15) is 11.7 Å². The van der Waals surface area contributed by atoms with E-state index in [-0.39, 0.29) is 21.2 Å². The number of hydrogen-bond acceptors (Lipinski definition) is 3. The number of nitrogens with one attached hydrogen (secondary N) is 1. The second kappa shape index (κ2) is 7.09. The number of urea groups is 1. The second-order valence-corrected chi connectivity index (χ2v) is 6.02. The number of hydrazone groups is 1. The third kappa shape index (κ3) is 3.29. The number of rotatable bonds is 3. The highest BCUT2D eigenvalue weighted by Crippen LogP contribution is 2.39. The topological polar surface area (TPSA) is 68.5 Å². The van der Waals surface area contributed by atoms with Crippen molar-refractivity contribution in [3.8, 4) is 6.07 Å².